The van der Waals surface area contributed by atoms with Crippen LogP contribution in [0.3, 0.4) is 0 Å². The maximum atomic E-state index is 12.0. The summed E-state index contributed by atoms with van der Waals surface area (Å²) in [7, 11) is 0. The van der Waals surface area contributed by atoms with Gasteiger partial charge in [0, 0.05) is 24.0 Å². The smallest absolute Gasteiger partial charge is 0.305 e. The number of carbonyl (C=O) groups excluding carboxylic acids is 1. The van der Waals surface area contributed by atoms with Crippen molar-refractivity contribution in [2.24, 2.45) is 0 Å². The van der Waals surface area contributed by atoms with Gasteiger partial charge in [-0.3, -0.25) is 9.69 Å². The number of ether oxygens (including phenoxy) is 1. The van der Waals surface area contributed by atoms with Gasteiger partial charge >= 0.3 is 5.97 Å². The third kappa shape index (κ3) is 8.88. The number of carbonyl (C=O) groups is 1. The van der Waals surface area contributed by atoms with Crippen LogP contribution in [-0.4, -0.2) is 35.1 Å². The van der Waals surface area contributed by atoms with Gasteiger partial charge in [-0.25, -0.2) is 0 Å². The number of piperidine rings is 1. The molecule has 0 spiro atoms. The molecule has 0 aliphatic carbocycles. The summed E-state index contributed by atoms with van der Waals surface area (Å²) in [5.41, 5.74) is 0.399. The largest absolute Gasteiger partial charge is 0.464 e. The molecule has 0 N–H and O–H groups in total. The van der Waals surface area contributed by atoms with Crippen molar-refractivity contribution in [1.29, 1.82) is 0 Å². The molecule has 0 amide bonds. The first-order valence-electron chi connectivity index (χ1n) is 11.2. The molecule has 0 unspecified atom stereocenters. The molecule has 26 heavy (non-hydrogen) atoms. The Morgan fingerprint density at radius 1 is 0.846 bits per heavy atom. The van der Waals surface area contributed by atoms with E-state index in [0.717, 1.165) is 19.4 Å². The Kier molecular flexibility index (Phi) is 10.8. The fourth-order valence-corrected chi connectivity index (χ4v) is 4.55. The van der Waals surface area contributed by atoms with E-state index in [4.69, 9.17) is 4.74 Å². The van der Waals surface area contributed by atoms with E-state index in [1.165, 1.54) is 64.2 Å². The van der Waals surface area contributed by atoms with Crippen LogP contribution in [0.2, 0.25) is 0 Å². The first-order chi connectivity index (χ1) is 12.3. The number of nitrogens with zero attached hydrogens (tertiary/aromatic N) is 1. The van der Waals surface area contributed by atoms with Gasteiger partial charge in [0.05, 0.1) is 0 Å². The molecule has 3 heteroatoms. The lowest BCUT2D eigenvalue weighted by Crippen LogP contribution is -2.59. The molecule has 1 aliphatic rings. The topological polar surface area (TPSA) is 29.5 Å². The lowest BCUT2D eigenvalue weighted by molar-refractivity contribution is -0.146. The molecule has 0 radical (unpaired) electrons. The zero-order chi connectivity index (χ0) is 19.5. The van der Waals surface area contributed by atoms with Gasteiger partial charge in [-0.05, 0) is 53.4 Å². The molecule has 3 nitrogen and oxygen atoms in total. The Morgan fingerprint density at radius 2 is 1.35 bits per heavy atom. The van der Waals surface area contributed by atoms with E-state index in [9.17, 15) is 4.79 Å². The monoisotopic (exact) mass is 367 g/mol. The van der Waals surface area contributed by atoms with Crippen LogP contribution in [0.25, 0.3) is 0 Å². The fourth-order valence-electron chi connectivity index (χ4n) is 4.55. The standard InChI is InChI=1S/C23H45NO2/c1-6-7-8-9-10-11-12-13-14-16-21(25)26-20-19-24-22(2,3)17-15-18-23(24,4)5/h6-20H2,1-5H3. The molecule has 154 valence electrons. The van der Waals surface area contributed by atoms with Crippen molar-refractivity contribution in [3.63, 3.8) is 0 Å². The predicted octanol–water partition coefficient (Wildman–Crippen LogP) is 6.49. The number of hydrogen-bond acceptors (Lipinski definition) is 3. The number of hydrogen-bond donors (Lipinski definition) is 0. The summed E-state index contributed by atoms with van der Waals surface area (Å²) in [6.07, 6.45) is 15.8. The Labute approximate surface area is 163 Å². The van der Waals surface area contributed by atoms with E-state index in [1.54, 1.807) is 0 Å². The molecule has 1 fully saturated rings. The van der Waals surface area contributed by atoms with E-state index < -0.39 is 0 Å². The molecular weight excluding hydrogens is 322 g/mol. The molecule has 1 heterocycles. The molecule has 0 bridgehead atoms. The van der Waals surface area contributed by atoms with Crippen molar-refractivity contribution in [2.75, 3.05) is 13.2 Å². The van der Waals surface area contributed by atoms with Crippen LogP contribution in [0.4, 0.5) is 0 Å². The molecule has 0 atom stereocenters. The number of unbranched alkanes of at least 4 members (excludes halogenated alkanes) is 8. The number of likely N-dealkylation sites (tertiary alicyclic amines) is 1. The van der Waals surface area contributed by atoms with Gasteiger partial charge in [-0.1, -0.05) is 58.3 Å². The van der Waals surface area contributed by atoms with Gasteiger partial charge in [0.25, 0.3) is 0 Å². The normalized spacial score (nSPS) is 19.4. The van der Waals surface area contributed by atoms with Crippen LogP contribution < -0.4 is 0 Å². The lowest BCUT2D eigenvalue weighted by atomic mass is 9.80. The molecule has 0 aromatic heterocycles. The Hall–Kier alpha value is -0.570. The second kappa shape index (κ2) is 12.0. The maximum Gasteiger partial charge on any atom is 0.305 e. The molecule has 0 aromatic carbocycles. The quantitative estimate of drug-likeness (QED) is 0.275. The molecular formula is C23H45NO2. The highest BCUT2D eigenvalue weighted by molar-refractivity contribution is 5.69. The molecule has 1 rings (SSSR count). The van der Waals surface area contributed by atoms with Crippen LogP contribution in [0.15, 0.2) is 0 Å². The van der Waals surface area contributed by atoms with Crippen LogP contribution in [0, 0.1) is 0 Å². The Bertz CT molecular complexity index is 374. The summed E-state index contributed by atoms with van der Waals surface area (Å²) < 4.78 is 5.52. The summed E-state index contributed by atoms with van der Waals surface area (Å²) >= 11 is 0. The third-order valence-corrected chi connectivity index (χ3v) is 6.10. The van der Waals surface area contributed by atoms with E-state index in [0.29, 0.717) is 13.0 Å². The minimum absolute atomic E-state index is 0.0134. The van der Waals surface area contributed by atoms with E-state index in [2.05, 4.69) is 39.5 Å². The summed E-state index contributed by atoms with van der Waals surface area (Å²) in [6, 6.07) is 0. The van der Waals surface area contributed by atoms with Crippen molar-refractivity contribution >= 4 is 5.97 Å². The average Bonchev–Trinajstić information content (AvgIpc) is 2.55. The predicted molar refractivity (Wildman–Crippen MR) is 112 cm³/mol. The van der Waals surface area contributed by atoms with Crippen LogP contribution in [0.1, 0.15) is 118 Å². The van der Waals surface area contributed by atoms with Crippen molar-refractivity contribution in [3.05, 3.63) is 0 Å². The van der Waals surface area contributed by atoms with Gasteiger partial charge in [-0.2, -0.15) is 0 Å². The lowest BCUT2D eigenvalue weighted by Gasteiger charge is -2.52. The third-order valence-electron chi connectivity index (χ3n) is 6.10. The van der Waals surface area contributed by atoms with E-state index in [-0.39, 0.29) is 17.0 Å². The van der Waals surface area contributed by atoms with Crippen LogP contribution in [0.5, 0.6) is 0 Å². The minimum Gasteiger partial charge on any atom is -0.464 e. The fraction of sp³-hybridized carbons (Fsp3) is 0.957. The SMILES string of the molecule is CCCCCCCCCCCC(=O)OCCN1C(C)(C)CCCC1(C)C. The zero-order valence-corrected chi connectivity index (χ0v) is 18.4. The summed E-state index contributed by atoms with van der Waals surface area (Å²) in [4.78, 5) is 14.5. The second-order valence-corrected chi connectivity index (χ2v) is 9.43. The zero-order valence-electron chi connectivity index (χ0n) is 18.4. The van der Waals surface area contributed by atoms with Crippen molar-refractivity contribution in [1.82, 2.24) is 4.90 Å². The average molecular weight is 368 g/mol. The molecule has 0 aromatic rings. The highest BCUT2D eigenvalue weighted by Crippen LogP contribution is 2.37. The van der Waals surface area contributed by atoms with Crippen molar-refractivity contribution in [2.45, 2.75) is 129 Å². The Morgan fingerprint density at radius 3 is 1.88 bits per heavy atom. The molecule has 1 aliphatic heterocycles. The van der Waals surface area contributed by atoms with Crippen molar-refractivity contribution < 1.29 is 9.53 Å². The summed E-state index contributed by atoms with van der Waals surface area (Å²) in [5.74, 6) is -0.0134. The van der Waals surface area contributed by atoms with Gasteiger partial charge in [-0.15, -0.1) is 0 Å². The molecule has 1 saturated heterocycles. The maximum absolute atomic E-state index is 12.0. The summed E-state index contributed by atoms with van der Waals surface area (Å²) in [6.45, 7) is 12.9. The molecule has 0 saturated carbocycles. The van der Waals surface area contributed by atoms with Crippen LogP contribution >= 0.6 is 0 Å². The van der Waals surface area contributed by atoms with Gasteiger partial charge in [0.1, 0.15) is 6.61 Å². The van der Waals surface area contributed by atoms with Gasteiger partial charge in [0.2, 0.25) is 0 Å². The highest BCUT2D eigenvalue weighted by atomic mass is 16.5. The van der Waals surface area contributed by atoms with Crippen LogP contribution in [-0.2, 0) is 9.53 Å². The second-order valence-electron chi connectivity index (χ2n) is 9.43. The van der Waals surface area contributed by atoms with Gasteiger partial charge in [0.15, 0.2) is 0 Å². The van der Waals surface area contributed by atoms with Crippen molar-refractivity contribution in [3.8, 4) is 0 Å². The first-order valence-corrected chi connectivity index (χ1v) is 11.2. The van der Waals surface area contributed by atoms with Gasteiger partial charge < -0.3 is 4.74 Å². The first kappa shape index (κ1) is 23.5. The van der Waals surface area contributed by atoms with E-state index >= 15 is 0 Å². The number of rotatable bonds is 13. The van der Waals surface area contributed by atoms with E-state index in [1.807, 2.05) is 0 Å². The summed E-state index contributed by atoms with van der Waals surface area (Å²) in [5, 5.41) is 0. The number of esters is 1. The highest BCUT2D eigenvalue weighted by Gasteiger charge is 2.40. The Balaban J connectivity index is 2.08. The minimum atomic E-state index is -0.0134.